The van der Waals surface area contributed by atoms with E-state index in [2.05, 4.69) is 20.6 Å². The Balaban J connectivity index is 1.11. The summed E-state index contributed by atoms with van der Waals surface area (Å²) in [6.07, 6.45) is 3.69. The molecule has 0 spiro atoms. The van der Waals surface area contributed by atoms with Crippen LogP contribution in [0.15, 0.2) is 70.0 Å². The van der Waals surface area contributed by atoms with E-state index in [0.29, 0.717) is 24.5 Å². The summed E-state index contributed by atoms with van der Waals surface area (Å²) >= 11 is 0. The highest BCUT2D eigenvalue weighted by Gasteiger charge is 2.07. The van der Waals surface area contributed by atoms with Gasteiger partial charge in [-0.2, -0.15) is 0 Å². The Morgan fingerprint density at radius 1 is 0.968 bits per heavy atom. The highest BCUT2D eigenvalue weighted by molar-refractivity contribution is 5.77. The van der Waals surface area contributed by atoms with Crippen LogP contribution in [0, 0.1) is 0 Å². The van der Waals surface area contributed by atoms with Crippen LogP contribution >= 0.6 is 0 Å². The first-order valence-electron chi connectivity index (χ1n) is 10.1. The molecule has 9 heteroatoms. The smallest absolute Gasteiger partial charge is 0.336 e. The number of benzene rings is 2. The fourth-order valence-corrected chi connectivity index (χ4v) is 3.40. The van der Waals surface area contributed by atoms with Crippen molar-refractivity contribution in [2.24, 2.45) is 0 Å². The van der Waals surface area contributed by atoms with E-state index in [1.54, 1.807) is 12.1 Å². The van der Waals surface area contributed by atoms with Crippen molar-refractivity contribution in [1.29, 1.82) is 0 Å². The molecule has 0 atom stereocenters. The van der Waals surface area contributed by atoms with Crippen molar-refractivity contribution in [1.82, 2.24) is 30.0 Å². The van der Waals surface area contributed by atoms with Crippen molar-refractivity contribution in [3.63, 3.8) is 0 Å². The second-order valence-electron chi connectivity index (χ2n) is 7.22. The van der Waals surface area contributed by atoms with Gasteiger partial charge in [-0.25, -0.2) is 9.48 Å². The Kier molecular flexibility index (Phi) is 5.14. The lowest BCUT2D eigenvalue weighted by Crippen LogP contribution is -2.03. The minimum absolute atomic E-state index is 0.367. The molecule has 0 saturated carbocycles. The largest absolute Gasteiger partial charge is 0.493 e. The zero-order valence-electron chi connectivity index (χ0n) is 16.7. The first-order chi connectivity index (χ1) is 15.2. The van der Waals surface area contributed by atoms with Gasteiger partial charge in [-0.1, -0.05) is 22.6 Å². The third kappa shape index (κ3) is 4.30. The first-order valence-corrected chi connectivity index (χ1v) is 10.1. The fourth-order valence-electron chi connectivity index (χ4n) is 3.40. The molecule has 0 unspecified atom stereocenters. The summed E-state index contributed by atoms with van der Waals surface area (Å²) in [4.78, 5) is 11.3. The van der Waals surface area contributed by atoms with E-state index in [-0.39, 0.29) is 5.63 Å². The minimum atomic E-state index is -0.367. The van der Waals surface area contributed by atoms with Crippen LogP contribution in [-0.4, -0.2) is 36.6 Å². The molecule has 9 nitrogen and oxygen atoms in total. The van der Waals surface area contributed by atoms with Gasteiger partial charge >= 0.3 is 5.63 Å². The number of ether oxygens (including phenoxy) is 1. The predicted octanol–water partition coefficient (Wildman–Crippen LogP) is 3.04. The van der Waals surface area contributed by atoms with Crippen LogP contribution in [0.3, 0.4) is 0 Å². The molecule has 3 heterocycles. The molecule has 0 N–H and O–H groups in total. The van der Waals surface area contributed by atoms with Crippen LogP contribution in [0.4, 0.5) is 0 Å². The molecule has 0 saturated heterocycles. The number of aromatic nitrogens is 6. The number of fused-ring (bicyclic) bond motifs is 2. The van der Waals surface area contributed by atoms with Gasteiger partial charge in [-0.3, -0.25) is 4.68 Å². The maximum Gasteiger partial charge on any atom is 0.336 e. The van der Waals surface area contributed by atoms with Gasteiger partial charge in [-0.05, 0) is 43.2 Å². The highest BCUT2D eigenvalue weighted by Crippen LogP contribution is 2.19. The lowest BCUT2D eigenvalue weighted by atomic mass is 10.2. The van der Waals surface area contributed by atoms with Crippen molar-refractivity contribution in [3.8, 4) is 5.75 Å². The van der Waals surface area contributed by atoms with E-state index in [9.17, 15) is 4.79 Å². The van der Waals surface area contributed by atoms with Crippen molar-refractivity contribution < 1.29 is 9.15 Å². The van der Waals surface area contributed by atoms with Gasteiger partial charge in [0, 0.05) is 24.1 Å². The van der Waals surface area contributed by atoms with E-state index in [0.717, 1.165) is 41.5 Å². The highest BCUT2D eigenvalue weighted by atomic mass is 16.5. The normalized spacial score (nSPS) is 11.4. The van der Waals surface area contributed by atoms with Crippen LogP contribution < -0.4 is 10.4 Å². The summed E-state index contributed by atoms with van der Waals surface area (Å²) in [5, 5.41) is 17.7. The average Bonchev–Trinajstić information content (AvgIpc) is 3.41. The molecule has 31 heavy (non-hydrogen) atoms. The van der Waals surface area contributed by atoms with Gasteiger partial charge in [0.1, 0.15) is 22.5 Å². The summed E-state index contributed by atoms with van der Waals surface area (Å²) in [5.74, 6) is 0.685. The van der Waals surface area contributed by atoms with Crippen LogP contribution in [0.1, 0.15) is 18.5 Å². The summed E-state index contributed by atoms with van der Waals surface area (Å²) < 4.78 is 14.6. The first kappa shape index (κ1) is 19.0. The molecule has 5 aromatic rings. The minimum Gasteiger partial charge on any atom is -0.493 e. The van der Waals surface area contributed by atoms with E-state index < -0.39 is 0 Å². The van der Waals surface area contributed by atoms with Crippen LogP contribution in [0.2, 0.25) is 0 Å². The van der Waals surface area contributed by atoms with Crippen LogP contribution in [0.25, 0.3) is 22.0 Å². The summed E-state index contributed by atoms with van der Waals surface area (Å²) in [6, 6.07) is 16.5. The molecule has 156 valence electrons. The molecule has 0 bridgehead atoms. The van der Waals surface area contributed by atoms with Crippen molar-refractivity contribution in [2.75, 3.05) is 6.61 Å². The molecule has 3 aromatic heterocycles. The number of hydrogen-bond donors (Lipinski definition) is 0. The van der Waals surface area contributed by atoms with Crippen LogP contribution in [0.5, 0.6) is 5.75 Å². The number of aryl methyl sites for hydroxylation is 1. The number of unbranched alkanes of at least 4 members (excludes halogenated alkanes) is 1. The molecular weight excluding hydrogens is 396 g/mol. The fraction of sp³-hybridized carbons (Fsp3) is 0.227. The summed E-state index contributed by atoms with van der Waals surface area (Å²) in [5.41, 5.74) is 2.84. The average molecular weight is 416 g/mol. The van der Waals surface area contributed by atoms with Crippen molar-refractivity contribution in [2.45, 2.75) is 25.9 Å². The zero-order chi connectivity index (χ0) is 21.0. The molecule has 0 aliphatic rings. The van der Waals surface area contributed by atoms with Crippen molar-refractivity contribution >= 4 is 22.0 Å². The predicted molar refractivity (Wildman–Crippen MR) is 114 cm³/mol. The van der Waals surface area contributed by atoms with E-state index >= 15 is 0 Å². The number of nitrogens with zero attached hydrogens (tertiary/aromatic N) is 6. The second kappa shape index (κ2) is 8.39. The maximum atomic E-state index is 11.3. The lowest BCUT2D eigenvalue weighted by molar-refractivity contribution is 0.301. The van der Waals surface area contributed by atoms with Gasteiger partial charge in [0.05, 0.1) is 24.9 Å². The van der Waals surface area contributed by atoms with Gasteiger partial charge < -0.3 is 9.15 Å². The lowest BCUT2D eigenvalue weighted by Gasteiger charge is -2.06. The quantitative estimate of drug-likeness (QED) is 0.283. The molecule has 0 aliphatic heterocycles. The van der Waals surface area contributed by atoms with Gasteiger partial charge in [0.2, 0.25) is 0 Å². The SMILES string of the molecule is O=c1ccc2ccc(OCCCCn3cc(Cn4nnc5ccccc54)nn3)cc2o1. The maximum absolute atomic E-state index is 11.3. The van der Waals surface area contributed by atoms with Crippen LogP contribution in [-0.2, 0) is 13.1 Å². The van der Waals surface area contributed by atoms with E-state index in [1.807, 2.05) is 52.0 Å². The molecule has 5 rings (SSSR count). The Morgan fingerprint density at radius 2 is 1.87 bits per heavy atom. The Hall–Kier alpha value is -4.01. The van der Waals surface area contributed by atoms with Gasteiger partial charge in [0.25, 0.3) is 0 Å². The Labute approximate surface area is 176 Å². The van der Waals surface area contributed by atoms with Crippen molar-refractivity contribution in [3.05, 3.63) is 76.9 Å². The molecular formula is C22H20N6O3. The van der Waals surface area contributed by atoms with E-state index in [4.69, 9.17) is 9.15 Å². The Bertz CT molecular complexity index is 1390. The summed E-state index contributed by atoms with van der Waals surface area (Å²) in [6.45, 7) is 1.85. The van der Waals surface area contributed by atoms with Gasteiger partial charge in [-0.15, -0.1) is 10.2 Å². The summed E-state index contributed by atoms with van der Waals surface area (Å²) in [7, 11) is 0. The Morgan fingerprint density at radius 3 is 2.84 bits per heavy atom. The molecule has 2 aromatic carbocycles. The molecule has 0 radical (unpaired) electrons. The molecule has 0 amide bonds. The number of hydrogen-bond acceptors (Lipinski definition) is 7. The third-order valence-electron chi connectivity index (χ3n) is 4.96. The molecule has 0 aliphatic carbocycles. The van der Waals surface area contributed by atoms with Gasteiger partial charge in [0.15, 0.2) is 0 Å². The third-order valence-corrected chi connectivity index (χ3v) is 4.96. The number of rotatable bonds is 8. The number of para-hydroxylation sites is 1. The standard InChI is InChI=1S/C22H20N6O3/c29-22-10-8-16-7-9-18(13-21(16)31-22)30-12-4-3-11-27-14-17(23-25-27)15-28-20-6-2-1-5-19(20)24-26-28/h1-2,5-10,13-14H,3-4,11-12,15H2. The second-order valence-corrected chi connectivity index (χ2v) is 7.22. The van der Waals surface area contributed by atoms with E-state index in [1.165, 1.54) is 6.07 Å². The molecule has 0 fully saturated rings. The zero-order valence-corrected chi connectivity index (χ0v) is 16.7. The topological polar surface area (TPSA) is 101 Å². The monoisotopic (exact) mass is 416 g/mol.